The number of carbonyl (C=O) groups excluding carboxylic acids is 1. The van der Waals surface area contributed by atoms with Gasteiger partial charge in [-0.1, -0.05) is 40.5 Å². The second-order valence-corrected chi connectivity index (χ2v) is 6.77. The van der Waals surface area contributed by atoms with Gasteiger partial charge < -0.3 is 10.6 Å². The van der Waals surface area contributed by atoms with Crippen LogP contribution in [0.3, 0.4) is 0 Å². The van der Waals surface area contributed by atoms with E-state index in [1.807, 2.05) is 6.92 Å². The van der Waals surface area contributed by atoms with Gasteiger partial charge in [-0.05, 0) is 44.1 Å². The molecule has 1 rings (SSSR count). The first-order valence-corrected chi connectivity index (χ1v) is 7.95. The van der Waals surface area contributed by atoms with Gasteiger partial charge in [0.05, 0.1) is 6.04 Å². The predicted octanol–water partition coefficient (Wildman–Crippen LogP) is 2.95. The zero-order chi connectivity index (χ0) is 14.4. The van der Waals surface area contributed by atoms with Crippen LogP contribution >= 0.6 is 0 Å². The molecule has 1 aliphatic rings. The molecule has 19 heavy (non-hydrogen) atoms. The SMILES string of the molecule is CC(NCC(C(C)C)C(C)C)C(=O)NC1CCCC1. The summed E-state index contributed by atoms with van der Waals surface area (Å²) in [6.07, 6.45) is 4.82. The average Bonchev–Trinajstić information content (AvgIpc) is 2.80. The zero-order valence-electron chi connectivity index (χ0n) is 13.3. The van der Waals surface area contributed by atoms with Gasteiger partial charge in [-0.15, -0.1) is 0 Å². The van der Waals surface area contributed by atoms with Crippen molar-refractivity contribution in [2.75, 3.05) is 6.54 Å². The quantitative estimate of drug-likeness (QED) is 0.745. The molecule has 1 atom stereocenters. The Morgan fingerprint density at radius 1 is 1.05 bits per heavy atom. The minimum atomic E-state index is -0.0828. The Morgan fingerprint density at radius 3 is 2.05 bits per heavy atom. The number of nitrogens with one attached hydrogen (secondary N) is 2. The normalized spacial score (nSPS) is 18.5. The van der Waals surface area contributed by atoms with Crippen molar-refractivity contribution >= 4 is 5.91 Å². The van der Waals surface area contributed by atoms with Gasteiger partial charge >= 0.3 is 0 Å². The number of carbonyl (C=O) groups is 1. The fraction of sp³-hybridized carbons (Fsp3) is 0.938. The van der Waals surface area contributed by atoms with Crippen molar-refractivity contribution < 1.29 is 4.79 Å². The van der Waals surface area contributed by atoms with E-state index in [1.54, 1.807) is 0 Å². The summed E-state index contributed by atoms with van der Waals surface area (Å²) in [6, 6.07) is 0.336. The summed E-state index contributed by atoms with van der Waals surface area (Å²) >= 11 is 0. The molecule has 2 N–H and O–H groups in total. The smallest absolute Gasteiger partial charge is 0.237 e. The Kier molecular flexibility index (Phi) is 6.84. The summed E-state index contributed by atoms with van der Waals surface area (Å²) in [5.74, 6) is 2.09. The van der Waals surface area contributed by atoms with Gasteiger partial charge in [0.2, 0.25) is 5.91 Å². The van der Waals surface area contributed by atoms with Gasteiger partial charge in [0.15, 0.2) is 0 Å². The van der Waals surface area contributed by atoms with Crippen molar-refractivity contribution in [3.05, 3.63) is 0 Å². The van der Waals surface area contributed by atoms with Crippen LogP contribution in [0.4, 0.5) is 0 Å². The molecule has 1 saturated carbocycles. The Hall–Kier alpha value is -0.570. The lowest BCUT2D eigenvalue weighted by Crippen LogP contribution is -2.47. The molecule has 0 aromatic heterocycles. The third kappa shape index (κ3) is 5.52. The van der Waals surface area contributed by atoms with E-state index in [0.717, 1.165) is 19.4 Å². The summed E-state index contributed by atoms with van der Waals surface area (Å²) in [6.45, 7) is 11.9. The Balaban J connectivity index is 2.32. The Bertz CT molecular complexity index is 262. The summed E-state index contributed by atoms with van der Waals surface area (Å²) in [5.41, 5.74) is 0. The van der Waals surface area contributed by atoms with Gasteiger partial charge in [0, 0.05) is 6.04 Å². The van der Waals surface area contributed by atoms with E-state index in [0.29, 0.717) is 23.8 Å². The summed E-state index contributed by atoms with van der Waals surface area (Å²) in [5, 5.41) is 6.57. The van der Waals surface area contributed by atoms with Crippen LogP contribution < -0.4 is 10.6 Å². The molecule has 1 aliphatic carbocycles. The van der Waals surface area contributed by atoms with Gasteiger partial charge in [0.1, 0.15) is 0 Å². The lowest BCUT2D eigenvalue weighted by Gasteiger charge is -2.27. The van der Waals surface area contributed by atoms with E-state index in [1.165, 1.54) is 12.8 Å². The van der Waals surface area contributed by atoms with Crippen molar-refractivity contribution in [3.63, 3.8) is 0 Å². The lowest BCUT2D eigenvalue weighted by atomic mass is 9.85. The van der Waals surface area contributed by atoms with E-state index in [9.17, 15) is 4.79 Å². The van der Waals surface area contributed by atoms with Crippen LogP contribution in [0.25, 0.3) is 0 Å². The van der Waals surface area contributed by atoms with Crippen LogP contribution in [0.2, 0.25) is 0 Å². The van der Waals surface area contributed by atoms with Gasteiger partial charge in [-0.25, -0.2) is 0 Å². The van der Waals surface area contributed by atoms with Gasteiger partial charge in [-0.2, -0.15) is 0 Å². The molecule has 0 aliphatic heterocycles. The monoisotopic (exact) mass is 268 g/mol. The minimum Gasteiger partial charge on any atom is -0.352 e. The number of rotatable bonds is 7. The largest absolute Gasteiger partial charge is 0.352 e. The average molecular weight is 268 g/mol. The molecule has 0 heterocycles. The predicted molar refractivity (Wildman–Crippen MR) is 81.0 cm³/mol. The minimum absolute atomic E-state index is 0.0828. The molecular formula is C16H32N2O. The summed E-state index contributed by atoms with van der Waals surface area (Å²) in [4.78, 5) is 12.1. The highest BCUT2D eigenvalue weighted by molar-refractivity contribution is 5.81. The molecule has 3 nitrogen and oxygen atoms in total. The van der Waals surface area contributed by atoms with Crippen molar-refractivity contribution in [1.29, 1.82) is 0 Å². The van der Waals surface area contributed by atoms with E-state index < -0.39 is 0 Å². The maximum absolute atomic E-state index is 12.1. The van der Waals surface area contributed by atoms with Gasteiger partial charge in [0.25, 0.3) is 0 Å². The molecule has 1 unspecified atom stereocenters. The number of hydrogen-bond acceptors (Lipinski definition) is 2. The van der Waals surface area contributed by atoms with Crippen molar-refractivity contribution in [3.8, 4) is 0 Å². The highest BCUT2D eigenvalue weighted by atomic mass is 16.2. The summed E-state index contributed by atoms with van der Waals surface area (Å²) < 4.78 is 0. The van der Waals surface area contributed by atoms with Crippen LogP contribution in [-0.4, -0.2) is 24.5 Å². The second-order valence-electron chi connectivity index (χ2n) is 6.77. The van der Waals surface area contributed by atoms with Gasteiger partial charge in [-0.3, -0.25) is 4.79 Å². The van der Waals surface area contributed by atoms with Crippen molar-refractivity contribution in [2.24, 2.45) is 17.8 Å². The maximum atomic E-state index is 12.1. The first kappa shape index (κ1) is 16.5. The number of amides is 1. The first-order valence-electron chi connectivity index (χ1n) is 7.95. The maximum Gasteiger partial charge on any atom is 0.237 e. The van der Waals surface area contributed by atoms with Crippen molar-refractivity contribution in [1.82, 2.24) is 10.6 Å². The Morgan fingerprint density at radius 2 is 1.58 bits per heavy atom. The molecule has 3 heteroatoms. The van der Waals surface area contributed by atoms with E-state index in [2.05, 4.69) is 38.3 Å². The molecule has 0 aromatic rings. The van der Waals surface area contributed by atoms with E-state index in [-0.39, 0.29) is 11.9 Å². The molecule has 0 spiro atoms. The highest BCUT2D eigenvalue weighted by Crippen LogP contribution is 2.20. The highest BCUT2D eigenvalue weighted by Gasteiger charge is 2.22. The van der Waals surface area contributed by atoms with Crippen LogP contribution in [0, 0.1) is 17.8 Å². The molecule has 0 saturated heterocycles. The summed E-state index contributed by atoms with van der Waals surface area (Å²) in [7, 11) is 0. The molecule has 1 fully saturated rings. The lowest BCUT2D eigenvalue weighted by molar-refractivity contribution is -0.123. The topological polar surface area (TPSA) is 41.1 Å². The molecule has 0 radical (unpaired) electrons. The number of hydrogen-bond donors (Lipinski definition) is 2. The van der Waals surface area contributed by atoms with Crippen LogP contribution in [0.15, 0.2) is 0 Å². The molecule has 0 bridgehead atoms. The third-order valence-corrected chi connectivity index (χ3v) is 4.47. The third-order valence-electron chi connectivity index (χ3n) is 4.47. The fourth-order valence-corrected chi connectivity index (χ4v) is 3.04. The first-order chi connectivity index (χ1) is 8.91. The van der Waals surface area contributed by atoms with Crippen LogP contribution in [0.5, 0.6) is 0 Å². The molecule has 112 valence electrons. The van der Waals surface area contributed by atoms with E-state index >= 15 is 0 Å². The standard InChI is InChI=1S/C16H32N2O/c1-11(2)15(12(3)4)10-17-13(5)16(19)18-14-8-6-7-9-14/h11-15,17H,6-10H2,1-5H3,(H,18,19). The molecule has 1 amide bonds. The van der Waals surface area contributed by atoms with Crippen LogP contribution in [0.1, 0.15) is 60.3 Å². The molecule has 0 aromatic carbocycles. The van der Waals surface area contributed by atoms with Crippen molar-refractivity contribution in [2.45, 2.75) is 72.4 Å². The van der Waals surface area contributed by atoms with E-state index in [4.69, 9.17) is 0 Å². The fourth-order valence-electron chi connectivity index (χ4n) is 3.04. The van der Waals surface area contributed by atoms with Crippen LogP contribution in [-0.2, 0) is 4.79 Å². The Labute approximate surface area is 118 Å². The molecular weight excluding hydrogens is 236 g/mol. The zero-order valence-corrected chi connectivity index (χ0v) is 13.3. The second kappa shape index (κ2) is 7.88.